The average molecular weight is 166 g/mol. The van der Waals surface area contributed by atoms with Crippen molar-refractivity contribution in [1.82, 2.24) is 5.43 Å². The van der Waals surface area contributed by atoms with Gasteiger partial charge in [-0.05, 0) is 24.6 Å². The highest BCUT2D eigenvalue weighted by Gasteiger charge is 1.91. The van der Waals surface area contributed by atoms with Crippen LogP contribution in [0.15, 0.2) is 24.3 Å². The van der Waals surface area contributed by atoms with Crippen LogP contribution in [0.5, 0.6) is 5.75 Å². The van der Waals surface area contributed by atoms with Crippen molar-refractivity contribution in [2.24, 2.45) is 5.84 Å². The van der Waals surface area contributed by atoms with Gasteiger partial charge in [0, 0.05) is 6.54 Å². The Bertz CT molecular complexity index is 238. The number of ether oxygens (including phenoxy) is 1. The van der Waals surface area contributed by atoms with E-state index in [1.807, 2.05) is 31.2 Å². The van der Waals surface area contributed by atoms with Crippen LogP contribution in [-0.2, 0) is 0 Å². The van der Waals surface area contributed by atoms with Crippen molar-refractivity contribution in [3.63, 3.8) is 0 Å². The molecule has 1 aromatic rings. The molecule has 0 amide bonds. The second-order valence-electron chi connectivity index (χ2n) is 2.62. The Morgan fingerprint density at radius 2 is 2.33 bits per heavy atom. The molecular weight excluding hydrogens is 152 g/mol. The highest BCUT2D eigenvalue weighted by atomic mass is 16.5. The molecule has 0 unspecified atom stereocenters. The maximum absolute atomic E-state index is 5.38. The molecule has 0 saturated carbocycles. The van der Waals surface area contributed by atoms with E-state index < -0.39 is 0 Å². The highest BCUT2D eigenvalue weighted by molar-refractivity contribution is 5.27. The van der Waals surface area contributed by atoms with Gasteiger partial charge in [-0.3, -0.25) is 11.3 Å². The van der Waals surface area contributed by atoms with Crippen LogP contribution in [-0.4, -0.2) is 13.2 Å². The van der Waals surface area contributed by atoms with E-state index in [2.05, 4.69) is 5.43 Å². The second-order valence-corrected chi connectivity index (χ2v) is 2.62. The minimum Gasteiger partial charge on any atom is -0.492 e. The van der Waals surface area contributed by atoms with E-state index in [9.17, 15) is 0 Å². The summed E-state index contributed by atoms with van der Waals surface area (Å²) >= 11 is 0. The zero-order chi connectivity index (χ0) is 8.81. The first-order chi connectivity index (χ1) is 5.83. The Kier molecular flexibility index (Phi) is 3.57. The molecule has 0 aliphatic rings. The predicted molar refractivity (Wildman–Crippen MR) is 48.9 cm³/mol. The molecular formula is C9H14N2O. The Labute approximate surface area is 72.5 Å². The Morgan fingerprint density at radius 1 is 1.50 bits per heavy atom. The van der Waals surface area contributed by atoms with Crippen LogP contribution in [0.1, 0.15) is 5.56 Å². The summed E-state index contributed by atoms with van der Waals surface area (Å²) in [6.45, 7) is 3.29. The molecule has 1 aromatic carbocycles. The third kappa shape index (κ3) is 2.90. The molecule has 3 N–H and O–H groups in total. The maximum Gasteiger partial charge on any atom is 0.119 e. The van der Waals surface area contributed by atoms with Crippen LogP contribution in [0.3, 0.4) is 0 Å². The van der Waals surface area contributed by atoms with Gasteiger partial charge >= 0.3 is 0 Å². The van der Waals surface area contributed by atoms with E-state index in [0.29, 0.717) is 13.2 Å². The largest absolute Gasteiger partial charge is 0.492 e. The predicted octanol–water partition coefficient (Wildman–Crippen LogP) is 0.837. The van der Waals surface area contributed by atoms with Crippen molar-refractivity contribution in [1.29, 1.82) is 0 Å². The van der Waals surface area contributed by atoms with Crippen molar-refractivity contribution in [3.8, 4) is 5.75 Å². The first-order valence-electron chi connectivity index (χ1n) is 3.96. The quantitative estimate of drug-likeness (QED) is 0.396. The van der Waals surface area contributed by atoms with E-state index in [4.69, 9.17) is 10.6 Å². The zero-order valence-corrected chi connectivity index (χ0v) is 7.21. The van der Waals surface area contributed by atoms with E-state index >= 15 is 0 Å². The van der Waals surface area contributed by atoms with E-state index in [-0.39, 0.29) is 0 Å². The Hall–Kier alpha value is -1.06. The summed E-state index contributed by atoms with van der Waals surface area (Å²) in [6.07, 6.45) is 0. The molecule has 0 aromatic heterocycles. The molecule has 12 heavy (non-hydrogen) atoms. The first kappa shape index (κ1) is 9.03. The topological polar surface area (TPSA) is 47.3 Å². The van der Waals surface area contributed by atoms with Crippen molar-refractivity contribution in [2.75, 3.05) is 13.2 Å². The summed E-state index contributed by atoms with van der Waals surface area (Å²) in [5.74, 6) is 5.99. The average Bonchev–Trinajstić information content (AvgIpc) is 2.05. The minimum atomic E-state index is 0.597. The molecule has 0 fully saturated rings. The number of aryl methyl sites for hydroxylation is 1. The molecule has 66 valence electrons. The highest BCUT2D eigenvalue weighted by Crippen LogP contribution is 2.11. The van der Waals surface area contributed by atoms with Crippen molar-refractivity contribution >= 4 is 0 Å². The fraction of sp³-hybridized carbons (Fsp3) is 0.333. The minimum absolute atomic E-state index is 0.597. The van der Waals surface area contributed by atoms with Crippen LogP contribution < -0.4 is 16.0 Å². The van der Waals surface area contributed by atoms with Crippen LogP contribution in [0.2, 0.25) is 0 Å². The smallest absolute Gasteiger partial charge is 0.119 e. The van der Waals surface area contributed by atoms with Gasteiger partial charge in [0.25, 0.3) is 0 Å². The van der Waals surface area contributed by atoms with Crippen LogP contribution in [0.4, 0.5) is 0 Å². The summed E-state index contributed by atoms with van der Waals surface area (Å²) < 4.78 is 5.38. The van der Waals surface area contributed by atoms with Gasteiger partial charge in [-0.15, -0.1) is 0 Å². The SMILES string of the molecule is Cc1cccc(OCCNN)c1. The lowest BCUT2D eigenvalue weighted by molar-refractivity contribution is 0.315. The molecule has 0 radical (unpaired) electrons. The van der Waals surface area contributed by atoms with Crippen LogP contribution >= 0.6 is 0 Å². The number of benzene rings is 1. The number of nitrogens with one attached hydrogen (secondary N) is 1. The summed E-state index contributed by atoms with van der Waals surface area (Å²) in [5, 5.41) is 0. The molecule has 1 rings (SSSR count). The number of hydrogen-bond acceptors (Lipinski definition) is 3. The summed E-state index contributed by atoms with van der Waals surface area (Å²) in [7, 11) is 0. The van der Waals surface area contributed by atoms with Crippen LogP contribution in [0.25, 0.3) is 0 Å². The number of rotatable bonds is 4. The van der Waals surface area contributed by atoms with Gasteiger partial charge in [0.15, 0.2) is 0 Å². The van der Waals surface area contributed by atoms with Gasteiger partial charge in [0.1, 0.15) is 12.4 Å². The number of hydrogen-bond donors (Lipinski definition) is 2. The van der Waals surface area contributed by atoms with E-state index in [1.54, 1.807) is 0 Å². The van der Waals surface area contributed by atoms with Gasteiger partial charge in [0.2, 0.25) is 0 Å². The molecule has 0 bridgehead atoms. The monoisotopic (exact) mass is 166 g/mol. The summed E-state index contributed by atoms with van der Waals surface area (Å²) in [4.78, 5) is 0. The lowest BCUT2D eigenvalue weighted by atomic mass is 10.2. The lowest BCUT2D eigenvalue weighted by Gasteiger charge is -2.05. The van der Waals surface area contributed by atoms with Crippen LogP contribution in [0, 0.1) is 6.92 Å². The summed E-state index contributed by atoms with van der Waals surface area (Å²) in [6, 6.07) is 7.94. The Morgan fingerprint density at radius 3 is 3.00 bits per heavy atom. The number of hydrazine groups is 1. The maximum atomic E-state index is 5.38. The molecule has 3 nitrogen and oxygen atoms in total. The van der Waals surface area contributed by atoms with Gasteiger partial charge in [-0.1, -0.05) is 12.1 Å². The molecule has 0 heterocycles. The van der Waals surface area contributed by atoms with Gasteiger partial charge < -0.3 is 4.74 Å². The van der Waals surface area contributed by atoms with Gasteiger partial charge in [-0.2, -0.15) is 0 Å². The van der Waals surface area contributed by atoms with Gasteiger partial charge in [-0.25, -0.2) is 0 Å². The van der Waals surface area contributed by atoms with Crippen molar-refractivity contribution in [2.45, 2.75) is 6.92 Å². The molecule has 0 aliphatic carbocycles. The molecule has 3 heteroatoms. The third-order valence-corrected chi connectivity index (χ3v) is 1.50. The number of nitrogens with two attached hydrogens (primary N) is 1. The van der Waals surface area contributed by atoms with Crippen molar-refractivity contribution < 1.29 is 4.74 Å². The standard InChI is InChI=1S/C9H14N2O/c1-8-3-2-4-9(7-8)12-6-5-11-10/h2-4,7,11H,5-6,10H2,1H3. The lowest BCUT2D eigenvalue weighted by Crippen LogP contribution is -2.27. The molecule has 0 saturated heterocycles. The molecule has 0 atom stereocenters. The van der Waals surface area contributed by atoms with Gasteiger partial charge in [0.05, 0.1) is 0 Å². The summed E-state index contributed by atoms with van der Waals surface area (Å²) in [5.41, 5.74) is 3.73. The Balaban J connectivity index is 2.41. The zero-order valence-electron chi connectivity index (χ0n) is 7.21. The molecule has 0 spiro atoms. The fourth-order valence-corrected chi connectivity index (χ4v) is 0.933. The third-order valence-electron chi connectivity index (χ3n) is 1.50. The van der Waals surface area contributed by atoms with Crippen molar-refractivity contribution in [3.05, 3.63) is 29.8 Å². The van der Waals surface area contributed by atoms with E-state index in [0.717, 1.165) is 5.75 Å². The molecule has 0 aliphatic heterocycles. The second kappa shape index (κ2) is 4.74. The normalized spacial score (nSPS) is 9.83. The first-order valence-corrected chi connectivity index (χ1v) is 3.96. The van der Waals surface area contributed by atoms with E-state index in [1.165, 1.54) is 5.56 Å². The fourth-order valence-electron chi connectivity index (χ4n) is 0.933.